The van der Waals surface area contributed by atoms with Crippen LogP contribution in [-0.2, 0) is 12.8 Å². The lowest BCUT2D eigenvalue weighted by Gasteiger charge is -2.20. The van der Waals surface area contributed by atoms with E-state index >= 15 is 0 Å². The van der Waals surface area contributed by atoms with Gasteiger partial charge in [-0.3, -0.25) is 0 Å². The fourth-order valence-corrected chi connectivity index (χ4v) is 1.95. The second-order valence-corrected chi connectivity index (χ2v) is 4.39. The van der Waals surface area contributed by atoms with Crippen LogP contribution in [0.2, 0.25) is 0 Å². The van der Waals surface area contributed by atoms with Crippen LogP contribution in [0.3, 0.4) is 0 Å². The summed E-state index contributed by atoms with van der Waals surface area (Å²) in [5, 5.41) is 0. The van der Waals surface area contributed by atoms with Crippen molar-refractivity contribution in [2.75, 3.05) is 0 Å². The highest BCUT2D eigenvalue weighted by molar-refractivity contribution is 5.46. The molecular formula is C15H24O. The molecule has 1 rings (SSSR count). The minimum Gasteiger partial charge on any atom is -0.490 e. The van der Waals surface area contributed by atoms with Gasteiger partial charge in [-0.15, -0.1) is 0 Å². The second kappa shape index (κ2) is 5.93. The number of benzene rings is 1. The molecule has 90 valence electrons. The van der Waals surface area contributed by atoms with Crippen molar-refractivity contribution in [3.63, 3.8) is 0 Å². The Labute approximate surface area is 99.8 Å². The van der Waals surface area contributed by atoms with Crippen LogP contribution in [0.4, 0.5) is 0 Å². The maximum atomic E-state index is 6.06. The van der Waals surface area contributed by atoms with Crippen molar-refractivity contribution >= 4 is 0 Å². The van der Waals surface area contributed by atoms with E-state index in [1.54, 1.807) is 0 Å². The summed E-state index contributed by atoms with van der Waals surface area (Å²) in [7, 11) is 0. The van der Waals surface area contributed by atoms with Crippen molar-refractivity contribution in [3.05, 3.63) is 28.8 Å². The van der Waals surface area contributed by atoms with Crippen molar-refractivity contribution in [1.82, 2.24) is 0 Å². The van der Waals surface area contributed by atoms with Gasteiger partial charge in [-0.1, -0.05) is 32.9 Å². The number of rotatable bonds is 5. The van der Waals surface area contributed by atoms with Crippen molar-refractivity contribution in [1.29, 1.82) is 0 Å². The zero-order valence-electron chi connectivity index (χ0n) is 11.3. The number of hydrogen-bond acceptors (Lipinski definition) is 1. The summed E-state index contributed by atoms with van der Waals surface area (Å²) in [5.74, 6) is 1.12. The van der Waals surface area contributed by atoms with Crippen molar-refractivity contribution in [3.8, 4) is 5.75 Å². The first-order chi connectivity index (χ1) is 7.63. The van der Waals surface area contributed by atoms with Crippen LogP contribution < -0.4 is 4.74 Å². The van der Waals surface area contributed by atoms with Gasteiger partial charge in [0.1, 0.15) is 5.75 Å². The van der Waals surface area contributed by atoms with Crippen LogP contribution in [0.15, 0.2) is 12.1 Å². The molecule has 0 radical (unpaired) electrons. The van der Waals surface area contributed by atoms with E-state index in [4.69, 9.17) is 4.74 Å². The topological polar surface area (TPSA) is 9.23 Å². The molecule has 16 heavy (non-hydrogen) atoms. The first kappa shape index (κ1) is 13.1. The number of ether oxygens (including phenoxy) is 1. The largest absolute Gasteiger partial charge is 0.490 e. The fourth-order valence-electron chi connectivity index (χ4n) is 1.95. The van der Waals surface area contributed by atoms with Crippen LogP contribution >= 0.6 is 0 Å². The molecular weight excluding hydrogens is 196 g/mol. The van der Waals surface area contributed by atoms with E-state index < -0.39 is 0 Å². The Kier molecular flexibility index (Phi) is 4.85. The molecule has 0 aliphatic heterocycles. The molecule has 0 saturated carbocycles. The first-order valence-electron chi connectivity index (χ1n) is 6.41. The molecule has 0 bridgehead atoms. The normalized spacial score (nSPS) is 12.6. The third-order valence-corrected chi connectivity index (χ3v) is 3.18. The van der Waals surface area contributed by atoms with Gasteiger partial charge in [0.2, 0.25) is 0 Å². The molecule has 0 fully saturated rings. The lowest BCUT2D eigenvalue weighted by Crippen LogP contribution is -2.13. The molecule has 0 aliphatic rings. The zero-order chi connectivity index (χ0) is 12.1. The molecule has 0 N–H and O–H groups in total. The smallest absolute Gasteiger partial charge is 0.126 e. The van der Waals surface area contributed by atoms with Crippen molar-refractivity contribution in [2.24, 2.45) is 0 Å². The second-order valence-electron chi connectivity index (χ2n) is 4.39. The fraction of sp³-hybridized carbons (Fsp3) is 0.600. The SMILES string of the molecule is CCc1ccc(C)c(OC(C)CC)c1CC. The molecule has 0 aromatic heterocycles. The van der Waals surface area contributed by atoms with Crippen LogP contribution in [0.5, 0.6) is 5.75 Å². The molecule has 0 aliphatic carbocycles. The number of aryl methyl sites for hydroxylation is 2. The minimum atomic E-state index is 0.302. The third kappa shape index (κ3) is 2.78. The summed E-state index contributed by atoms with van der Waals surface area (Å²) >= 11 is 0. The van der Waals surface area contributed by atoms with E-state index in [0.29, 0.717) is 6.10 Å². The number of hydrogen-bond donors (Lipinski definition) is 0. The molecule has 0 spiro atoms. The van der Waals surface area contributed by atoms with E-state index in [2.05, 4.69) is 46.8 Å². The lowest BCUT2D eigenvalue weighted by molar-refractivity contribution is 0.213. The summed E-state index contributed by atoms with van der Waals surface area (Å²) in [6.45, 7) is 10.8. The van der Waals surface area contributed by atoms with Gasteiger partial charge in [0.25, 0.3) is 0 Å². The summed E-state index contributed by atoms with van der Waals surface area (Å²) in [6.07, 6.45) is 3.49. The molecule has 1 nitrogen and oxygen atoms in total. The summed E-state index contributed by atoms with van der Waals surface area (Å²) in [4.78, 5) is 0. The Balaban J connectivity index is 3.12. The van der Waals surface area contributed by atoms with Gasteiger partial charge >= 0.3 is 0 Å². The lowest BCUT2D eigenvalue weighted by atomic mass is 9.99. The van der Waals surface area contributed by atoms with Crippen LogP contribution in [-0.4, -0.2) is 6.10 Å². The Bertz CT molecular complexity index is 342. The van der Waals surface area contributed by atoms with Crippen LogP contribution in [0, 0.1) is 6.92 Å². The third-order valence-electron chi connectivity index (χ3n) is 3.18. The van der Waals surface area contributed by atoms with Gasteiger partial charge in [0.05, 0.1) is 6.10 Å². The van der Waals surface area contributed by atoms with E-state index in [1.165, 1.54) is 16.7 Å². The van der Waals surface area contributed by atoms with Crippen molar-refractivity contribution in [2.45, 2.75) is 60.0 Å². The van der Waals surface area contributed by atoms with Crippen LogP contribution in [0.1, 0.15) is 50.8 Å². The Morgan fingerprint density at radius 3 is 2.31 bits per heavy atom. The van der Waals surface area contributed by atoms with Crippen LogP contribution in [0.25, 0.3) is 0 Å². The highest BCUT2D eigenvalue weighted by Gasteiger charge is 2.12. The first-order valence-corrected chi connectivity index (χ1v) is 6.41. The molecule has 0 saturated heterocycles. The highest BCUT2D eigenvalue weighted by Crippen LogP contribution is 2.29. The minimum absolute atomic E-state index is 0.302. The zero-order valence-corrected chi connectivity index (χ0v) is 11.3. The monoisotopic (exact) mass is 220 g/mol. The highest BCUT2D eigenvalue weighted by atomic mass is 16.5. The van der Waals surface area contributed by atoms with Gasteiger partial charge in [-0.2, -0.15) is 0 Å². The standard InChI is InChI=1S/C15H24O/c1-6-12(5)16-15-11(4)9-10-13(7-2)14(15)8-3/h9-10,12H,6-8H2,1-5H3. The molecule has 0 heterocycles. The molecule has 1 aromatic rings. The predicted molar refractivity (Wildman–Crippen MR) is 70.3 cm³/mol. The molecule has 0 amide bonds. The predicted octanol–water partition coefficient (Wildman–Crippen LogP) is 4.30. The van der Waals surface area contributed by atoms with E-state index in [1.807, 2.05) is 0 Å². The Hall–Kier alpha value is -0.980. The van der Waals surface area contributed by atoms with E-state index in [0.717, 1.165) is 25.0 Å². The maximum absolute atomic E-state index is 6.06. The quantitative estimate of drug-likeness (QED) is 0.719. The van der Waals surface area contributed by atoms with E-state index in [9.17, 15) is 0 Å². The van der Waals surface area contributed by atoms with Gasteiger partial charge in [0.15, 0.2) is 0 Å². The summed E-state index contributed by atoms with van der Waals surface area (Å²) in [5.41, 5.74) is 4.07. The van der Waals surface area contributed by atoms with Gasteiger partial charge < -0.3 is 4.74 Å². The van der Waals surface area contributed by atoms with E-state index in [-0.39, 0.29) is 0 Å². The average Bonchev–Trinajstić information content (AvgIpc) is 2.31. The van der Waals surface area contributed by atoms with Gasteiger partial charge in [0, 0.05) is 0 Å². The Morgan fingerprint density at radius 1 is 1.12 bits per heavy atom. The summed E-state index contributed by atoms with van der Waals surface area (Å²) in [6, 6.07) is 4.41. The molecule has 1 atom stereocenters. The van der Waals surface area contributed by atoms with Gasteiger partial charge in [-0.05, 0) is 49.8 Å². The van der Waals surface area contributed by atoms with Crippen molar-refractivity contribution < 1.29 is 4.74 Å². The van der Waals surface area contributed by atoms with Gasteiger partial charge in [-0.25, -0.2) is 0 Å². The molecule has 1 unspecified atom stereocenters. The average molecular weight is 220 g/mol. The maximum Gasteiger partial charge on any atom is 0.126 e. The summed E-state index contributed by atoms with van der Waals surface area (Å²) < 4.78 is 6.06. The molecule has 1 aromatic carbocycles. The molecule has 1 heteroatoms. The Morgan fingerprint density at radius 2 is 1.81 bits per heavy atom.